The molecule has 7 heteroatoms. The van der Waals surface area contributed by atoms with Crippen LogP contribution in [0.15, 0.2) is 60.7 Å². The predicted octanol–water partition coefficient (Wildman–Crippen LogP) is 5.51. The van der Waals surface area contributed by atoms with Crippen molar-refractivity contribution in [3.05, 3.63) is 82.4 Å². The number of halogens is 1. The molecule has 0 saturated heterocycles. The van der Waals surface area contributed by atoms with E-state index in [1.165, 1.54) is 0 Å². The molecule has 0 N–H and O–H groups in total. The molecule has 1 amide bonds. The monoisotopic (exact) mass is 494 g/mol. The minimum absolute atomic E-state index is 0.0125. The molecule has 2 atom stereocenters. The molecule has 0 spiro atoms. The van der Waals surface area contributed by atoms with E-state index in [0.717, 1.165) is 28.1 Å². The lowest BCUT2D eigenvalue weighted by Gasteiger charge is -2.38. The second kappa shape index (κ2) is 10.6. The highest BCUT2D eigenvalue weighted by Gasteiger charge is 2.36. The molecule has 0 aliphatic carbocycles. The van der Waals surface area contributed by atoms with E-state index in [2.05, 4.69) is 0 Å². The summed E-state index contributed by atoms with van der Waals surface area (Å²) >= 11 is 6.20. The number of nitrogens with zero attached hydrogens (tertiary/aromatic N) is 2. The Morgan fingerprint density at radius 1 is 1.03 bits per heavy atom. The number of methoxy groups -OCH3 is 2. The highest BCUT2D eigenvalue weighted by atomic mass is 35.5. The van der Waals surface area contributed by atoms with Crippen LogP contribution >= 0.6 is 11.6 Å². The maximum atomic E-state index is 13.6. The number of hydrogen-bond acceptors (Lipinski definition) is 5. The Kier molecular flexibility index (Phi) is 7.53. The number of carbonyl (C=O) groups is 1. The van der Waals surface area contributed by atoms with Gasteiger partial charge in [0.25, 0.3) is 0 Å². The highest BCUT2D eigenvalue weighted by molar-refractivity contribution is 6.30. The molecule has 1 aliphatic rings. The standard InChI is InChI=1S/C28H31ClN2O4/c1-18(17-33-4)35-26-16-24-20(14-25(26)34-5)15-27(32)31(23-12-10-22(11-13-23)30(2)3)28(24)19-6-8-21(29)9-7-19/h6-14,16,18,28H,15,17H2,1-5H3/t18?,28-/m0/s1. The van der Waals surface area contributed by atoms with Crippen molar-refractivity contribution in [3.63, 3.8) is 0 Å². The topological polar surface area (TPSA) is 51.2 Å². The lowest BCUT2D eigenvalue weighted by atomic mass is 9.86. The number of rotatable bonds is 8. The average molecular weight is 495 g/mol. The molecule has 6 nitrogen and oxygen atoms in total. The second-order valence-corrected chi connectivity index (χ2v) is 9.33. The van der Waals surface area contributed by atoms with E-state index >= 15 is 0 Å². The maximum absolute atomic E-state index is 13.6. The molecule has 0 aromatic heterocycles. The summed E-state index contributed by atoms with van der Waals surface area (Å²) in [5, 5.41) is 0.644. The van der Waals surface area contributed by atoms with E-state index in [1.54, 1.807) is 14.2 Å². The molecule has 0 radical (unpaired) electrons. The van der Waals surface area contributed by atoms with Gasteiger partial charge in [0.2, 0.25) is 5.91 Å². The highest BCUT2D eigenvalue weighted by Crippen LogP contribution is 2.44. The summed E-state index contributed by atoms with van der Waals surface area (Å²) in [6.45, 7) is 2.39. The zero-order valence-electron chi connectivity index (χ0n) is 20.7. The number of ether oxygens (including phenoxy) is 3. The molecule has 3 aromatic rings. The second-order valence-electron chi connectivity index (χ2n) is 8.89. The van der Waals surface area contributed by atoms with E-state index in [1.807, 2.05) is 91.5 Å². The average Bonchev–Trinajstić information content (AvgIpc) is 2.84. The molecule has 1 aliphatic heterocycles. The smallest absolute Gasteiger partial charge is 0.232 e. The summed E-state index contributed by atoms with van der Waals surface area (Å²) in [7, 11) is 7.24. The van der Waals surface area contributed by atoms with Crippen molar-refractivity contribution in [2.75, 3.05) is 44.7 Å². The van der Waals surface area contributed by atoms with Gasteiger partial charge in [-0.05, 0) is 72.1 Å². The van der Waals surface area contributed by atoms with Gasteiger partial charge in [0.1, 0.15) is 6.10 Å². The summed E-state index contributed by atoms with van der Waals surface area (Å²) in [6, 6.07) is 19.2. The first kappa shape index (κ1) is 24.9. The third-order valence-electron chi connectivity index (χ3n) is 6.15. The molecule has 35 heavy (non-hydrogen) atoms. The van der Waals surface area contributed by atoms with Gasteiger partial charge in [-0.2, -0.15) is 0 Å². The van der Waals surface area contributed by atoms with E-state index in [9.17, 15) is 4.79 Å². The quantitative estimate of drug-likeness (QED) is 0.413. The number of hydrogen-bond donors (Lipinski definition) is 0. The molecular weight excluding hydrogens is 464 g/mol. The van der Waals surface area contributed by atoms with Crippen molar-refractivity contribution in [1.82, 2.24) is 0 Å². The molecule has 1 heterocycles. The first-order valence-corrected chi connectivity index (χ1v) is 11.9. The van der Waals surface area contributed by atoms with Gasteiger partial charge in [-0.1, -0.05) is 23.7 Å². The van der Waals surface area contributed by atoms with Crippen LogP contribution < -0.4 is 19.3 Å². The number of benzene rings is 3. The number of carbonyl (C=O) groups excluding carboxylic acids is 1. The van der Waals surface area contributed by atoms with Crippen LogP contribution in [0.3, 0.4) is 0 Å². The van der Waals surface area contributed by atoms with Crippen molar-refractivity contribution in [2.45, 2.75) is 25.5 Å². The van der Waals surface area contributed by atoms with Crippen LogP contribution in [-0.2, 0) is 16.0 Å². The minimum Gasteiger partial charge on any atom is -0.493 e. The van der Waals surface area contributed by atoms with Crippen molar-refractivity contribution in [3.8, 4) is 11.5 Å². The molecule has 0 saturated carbocycles. The Morgan fingerprint density at radius 3 is 2.31 bits per heavy atom. The van der Waals surface area contributed by atoms with Gasteiger partial charge in [-0.25, -0.2) is 0 Å². The Bertz CT molecular complexity index is 1180. The Morgan fingerprint density at radius 2 is 1.71 bits per heavy atom. The van der Waals surface area contributed by atoms with E-state index in [0.29, 0.717) is 23.1 Å². The molecule has 0 fully saturated rings. The van der Waals surface area contributed by atoms with E-state index in [-0.39, 0.29) is 24.5 Å². The molecule has 4 rings (SSSR count). The van der Waals surface area contributed by atoms with Crippen LogP contribution in [0.2, 0.25) is 5.02 Å². The van der Waals surface area contributed by atoms with Crippen molar-refractivity contribution >= 4 is 28.9 Å². The van der Waals surface area contributed by atoms with Gasteiger partial charge in [0.05, 0.1) is 26.2 Å². The number of amides is 1. The number of fused-ring (bicyclic) bond motifs is 1. The summed E-state index contributed by atoms with van der Waals surface area (Å²) in [4.78, 5) is 17.5. The van der Waals surface area contributed by atoms with Gasteiger partial charge in [-0.3, -0.25) is 4.79 Å². The fourth-order valence-corrected chi connectivity index (χ4v) is 4.60. The SMILES string of the molecule is COCC(C)Oc1cc2c(cc1OC)CC(=O)N(c1ccc(N(C)C)cc1)[C@H]2c1ccc(Cl)cc1. The minimum atomic E-state index is -0.347. The zero-order valence-corrected chi connectivity index (χ0v) is 21.5. The van der Waals surface area contributed by atoms with Crippen molar-refractivity contribution in [2.24, 2.45) is 0 Å². The van der Waals surface area contributed by atoms with Gasteiger partial charge in [-0.15, -0.1) is 0 Å². The number of anilines is 2. The molecule has 0 bridgehead atoms. The summed E-state index contributed by atoms with van der Waals surface area (Å²) in [6.07, 6.45) is 0.0971. The van der Waals surface area contributed by atoms with Crippen LogP contribution in [0.5, 0.6) is 11.5 Å². The van der Waals surface area contributed by atoms with Gasteiger partial charge >= 0.3 is 0 Å². The van der Waals surface area contributed by atoms with Crippen molar-refractivity contribution < 1.29 is 19.0 Å². The maximum Gasteiger partial charge on any atom is 0.232 e. The molecule has 1 unspecified atom stereocenters. The predicted molar refractivity (Wildman–Crippen MR) is 140 cm³/mol. The largest absolute Gasteiger partial charge is 0.493 e. The van der Waals surface area contributed by atoms with Crippen LogP contribution in [0, 0.1) is 0 Å². The molecule has 184 valence electrons. The normalized spacial score (nSPS) is 16.0. The molecule has 3 aromatic carbocycles. The van der Waals surface area contributed by atoms with Gasteiger partial charge < -0.3 is 24.0 Å². The van der Waals surface area contributed by atoms with Crippen LogP contribution in [-0.4, -0.2) is 46.9 Å². The summed E-state index contributed by atoms with van der Waals surface area (Å²) in [5.41, 5.74) is 4.76. The fourth-order valence-electron chi connectivity index (χ4n) is 4.47. The Labute approximate surface area is 212 Å². The van der Waals surface area contributed by atoms with Crippen LogP contribution in [0.25, 0.3) is 0 Å². The van der Waals surface area contributed by atoms with Crippen molar-refractivity contribution in [1.29, 1.82) is 0 Å². The summed E-state index contributed by atoms with van der Waals surface area (Å²) in [5.74, 6) is 1.23. The Hall–Kier alpha value is -3.22. The zero-order chi connectivity index (χ0) is 25.1. The van der Waals surface area contributed by atoms with Gasteiger partial charge in [0.15, 0.2) is 11.5 Å². The lowest BCUT2D eigenvalue weighted by molar-refractivity contribution is -0.118. The third kappa shape index (κ3) is 5.24. The third-order valence-corrected chi connectivity index (χ3v) is 6.40. The van der Waals surface area contributed by atoms with Gasteiger partial charge in [0, 0.05) is 37.6 Å². The van der Waals surface area contributed by atoms with Crippen LogP contribution in [0.1, 0.15) is 29.7 Å². The first-order valence-electron chi connectivity index (χ1n) is 11.5. The first-order chi connectivity index (χ1) is 16.8. The molecular formula is C28H31ClN2O4. The van der Waals surface area contributed by atoms with E-state index in [4.69, 9.17) is 25.8 Å². The van der Waals surface area contributed by atoms with Crippen LogP contribution in [0.4, 0.5) is 11.4 Å². The lowest BCUT2D eigenvalue weighted by Crippen LogP contribution is -2.41. The summed E-state index contributed by atoms with van der Waals surface area (Å²) < 4.78 is 17.0. The van der Waals surface area contributed by atoms with E-state index < -0.39 is 0 Å². The Balaban J connectivity index is 1.86. The fraction of sp³-hybridized carbons (Fsp3) is 0.321.